The number of unbranched alkanes of at least 4 members (excludes halogenated alkanes) is 30. The molecule has 0 aromatic rings. The summed E-state index contributed by atoms with van der Waals surface area (Å²) in [5, 5.41) is 9.55. The summed E-state index contributed by atoms with van der Waals surface area (Å²) in [6, 6.07) is 0. The predicted octanol–water partition coefficient (Wildman–Crippen LogP) is 13.7. The van der Waals surface area contributed by atoms with Gasteiger partial charge in [0.2, 0.25) is 0 Å². The number of hydrogen-bond acceptors (Lipinski definition) is 5. The topological polar surface area (TPSA) is 72.8 Å². The van der Waals surface area contributed by atoms with Gasteiger partial charge in [-0.25, -0.2) is 0 Å². The van der Waals surface area contributed by atoms with Crippen LogP contribution in [-0.2, 0) is 19.1 Å². The van der Waals surface area contributed by atoms with E-state index in [9.17, 15) is 14.7 Å². The molecule has 1 N–H and O–H groups in total. The minimum Gasteiger partial charge on any atom is -0.462 e. The molecule has 1 atom stereocenters. The maximum absolute atomic E-state index is 12.1. The third-order valence-corrected chi connectivity index (χ3v) is 9.81. The van der Waals surface area contributed by atoms with Crippen LogP contribution < -0.4 is 0 Å². The number of allylic oxidation sites excluding steroid dienone is 2. The van der Waals surface area contributed by atoms with Gasteiger partial charge in [-0.1, -0.05) is 206 Å². The van der Waals surface area contributed by atoms with Crippen molar-refractivity contribution in [1.82, 2.24) is 0 Å². The Morgan fingerprint density at radius 2 is 0.776 bits per heavy atom. The monoisotopic (exact) mass is 693 g/mol. The summed E-state index contributed by atoms with van der Waals surface area (Å²) < 4.78 is 10.6. The van der Waals surface area contributed by atoms with Gasteiger partial charge in [-0.15, -0.1) is 0 Å². The van der Waals surface area contributed by atoms with Crippen LogP contribution >= 0.6 is 0 Å². The van der Waals surface area contributed by atoms with Gasteiger partial charge < -0.3 is 14.6 Å². The summed E-state index contributed by atoms with van der Waals surface area (Å²) in [5.41, 5.74) is 0. The quantitative estimate of drug-likeness (QED) is 0.0393. The molecule has 0 fully saturated rings. The van der Waals surface area contributed by atoms with E-state index in [1.807, 2.05) is 0 Å². The summed E-state index contributed by atoms with van der Waals surface area (Å²) >= 11 is 0. The zero-order chi connectivity index (χ0) is 35.7. The second-order valence-corrected chi connectivity index (χ2v) is 14.8. The Labute approximate surface area is 305 Å². The van der Waals surface area contributed by atoms with Crippen molar-refractivity contribution in [2.45, 2.75) is 245 Å². The standard InChI is InChI=1S/C44H84O5/c1-3-5-7-9-11-13-15-17-18-19-20-21-22-23-24-25-26-27-29-30-32-34-36-38-43(46)48-41-42(40-45)49-44(47)39-37-35-33-31-28-16-14-12-10-8-6-4-2/h30,32,42,45H,3-29,31,33-41H2,1-2H3/b32-30+/t42-/m0/s1. The molecular formula is C44H84O5. The highest BCUT2D eigenvalue weighted by molar-refractivity contribution is 5.70. The van der Waals surface area contributed by atoms with Crippen molar-refractivity contribution >= 4 is 11.9 Å². The lowest BCUT2D eigenvalue weighted by atomic mass is 10.0. The Morgan fingerprint density at radius 3 is 1.16 bits per heavy atom. The van der Waals surface area contributed by atoms with E-state index < -0.39 is 6.10 Å². The number of carbonyl (C=O) groups is 2. The van der Waals surface area contributed by atoms with Gasteiger partial charge >= 0.3 is 11.9 Å². The Hall–Kier alpha value is -1.36. The molecule has 0 aliphatic carbocycles. The molecule has 0 aromatic carbocycles. The fourth-order valence-electron chi connectivity index (χ4n) is 6.50. The molecule has 0 aliphatic heterocycles. The van der Waals surface area contributed by atoms with Crippen LogP contribution in [0.25, 0.3) is 0 Å². The minimum atomic E-state index is -0.775. The molecule has 0 saturated heterocycles. The highest BCUT2D eigenvalue weighted by Crippen LogP contribution is 2.16. The van der Waals surface area contributed by atoms with Crippen molar-refractivity contribution in [1.29, 1.82) is 0 Å². The van der Waals surface area contributed by atoms with Crippen LogP contribution in [0.15, 0.2) is 12.2 Å². The molecular weight excluding hydrogens is 608 g/mol. The molecule has 5 heteroatoms. The summed E-state index contributed by atoms with van der Waals surface area (Å²) in [6.45, 7) is 4.14. The summed E-state index contributed by atoms with van der Waals surface area (Å²) in [6.07, 6.45) is 47.3. The number of aliphatic hydroxyl groups is 1. The molecule has 0 radical (unpaired) electrons. The lowest BCUT2D eigenvalue weighted by molar-refractivity contribution is -0.161. The molecule has 0 saturated carbocycles. The van der Waals surface area contributed by atoms with Gasteiger partial charge in [0, 0.05) is 12.8 Å². The maximum Gasteiger partial charge on any atom is 0.306 e. The molecule has 5 nitrogen and oxygen atoms in total. The molecule has 0 rings (SSSR count). The van der Waals surface area contributed by atoms with Gasteiger partial charge in [0.25, 0.3) is 0 Å². The second-order valence-electron chi connectivity index (χ2n) is 14.8. The first-order chi connectivity index (χ1) is 24.1. The predicted molar refractivity (Wildman–Crippen MR) is 210 cm³/mol. The van der Waals surface area contributed by atoms with E-state index in [1.54, 1.807) is 0 Å². The number of rotatable bonds is 40. The highest BCUT2D eigenvalue weighted by Gasteiger charge is 2.16. The molecule has 0 aliphatic rings. The van der Waals surface area contributed by atoms with E-state index in [0.29, 0.717) is 12.8 Å². The first-order valence-electron chi connectivity index (χ1n) is 21.7. The summed E-state index contributed by atoms with van der Waals surface area (Å²) in [5.74, 6) is -0.616. The van der Waals surface area contributed by atoms with Crippen molar-refractivity contribution in [3.63, 3.8) is 0 Å². The van der Waals surface area contributed by atoms with Crippen LogP contribution in [0.2, 0.25) is 0 Å². The number of ether oxygens (including phenoxy) is 2. The highest BCUT2D eigenvalue weighted by atomic mass is 16.6. The smallest absolute Gasteiger partial charge is 0.306 e. The fourth-order valence-corrected chi connectivity index (χ4v) is 6.50. The van der Waals surface area contributed by atoms with Gasteiger partial charge in [0.15, 0.2) is 6.10 Å². The maximum atomic E-state index is 12.1. The van der Waals surface area contributed by atoms with Crippen molar-refractivity contribution in [2.24, 2.45) is 0 Å². The van der Waals surface area contributed by atoms with Crippen LogP contribution in [0.3, 0.4) is 0 Å². The summed E-state index contributed by atoms with van der Waals surface area (Å²) in [4.78, 5) is 24.2. The van der Waals surface area contributed by atoms with E-state index in [0.717, 1.165) is 38.5 Å². The number of hydrogen-bond donors (Lipinski definition) is 1. The number of carbonyl (C=O) groups excluding carboxylic acids is 2. The molecule has 0 bridgehead atoms. The molecule has 0 heterocycles. The van der Waals surface area contributed by atoms with Gasteiger partial charge in [-0.05, 0) is 32.1 Å². The SMILES string of the molecule is CCCCCCCCCCCCCCCCCCCC/C=C/CCCC(=O)OC[C@H](CO)OC(=O)CCCCCCCCCCCCCC. The number of aliphatic hydroxyl groups excluding tert-OH is 1. The zero-order valence-electron chi connectivity index (χ0n) is 33.0. The normalized spacial score (nSPS) is 12.1. The van der Waals surface area contributed by atoms with Crippen LogP contribution in [-0.4, -0.2) is 36.4 Å². The van der Waals surface area contributed by atoms with E-state index in [1.165, 1.54) is 173 Å². The second kappa shape index (κ2) is 41.1. The molecule has 0 spiro atoms. The molecule has 0 unspecified atom stereocenters. The zero-order valence-corrected chi connectivity index (χ0v) is 33.0. The van der Waals surface area contributed by atoms with Gasteiger partial charge in [-0.3, -0.25) is 9.59 Å². The lowest BCUT2D eigenvalue weighted by Crippen LogP contribution is -2.28. The van der Waals surface area contributed by atoms with E-state index in [4.69, 9.17) is 9.47 Å². The van der Waals surface area contributed by atoms with E-state index in [2.05, 4.69) is 26.0 Å². The Kier molecular flexibility index (Phi) is 39.9. The van der Waals surface area contributed by atoms with Crippen molar-refractivity contribution in [2.75, 3.05) is 13.2 Å². The van der Waals surface area contributed by atoms with Gasteiger partial charge in [0.05, 0.1) is 6.61 Å². The van der Waals surface area contributed by atoms with Crippen LogP contribution in [0.4, 0.5) is 0 Å². The van der Waals surface area contributed by atoms with Gasteiger partial charge in [-0.2, -0.15) is 0 Å². The van der Waals surface area contributed by atoms with Crippen LogP contribution in [0.1, 0.15) is 239 Å². The van der Waals surface area contributed by atoms with Crippen molar-refractivity contribution in [3.05, 3.63) is 12.2 Å². The van der Waals surface area contributed by atoms with Gasteiger partial charge in [0.1, 0.15) is 6.61 Å². The van der Waals surface area contributed by atoms with Crippen molar-refractivity contribution < 1.29 is 24.2 Å². The Balaban J connectivity index is 3.48. The Bertz CT molecular complexity index is 705. The third kappa shape index (κ3) is 39.3. The third-order valence-electron chi connectivity index (χ3n) is 9.81. The van der Waals surface area contributed by atoms with Crippen LogP contribution in [0, 0.1) is 0 Å². The largest absolute Gasteiger partial charge is 0.462 e. The first kappa shape index (κ1) is 47.6. The first-order valence-corrected chi connectivity index (χ1v) is 21.7. The number of esters is 2. The molecule has 290 valence electrons. The summed E-state index contributed by atoms with van der Waals surface area (Å²) in [7, 11) is 0. The average molecular weight is 693 g/mol. The van der Waals surface area contributed by atoms with E-state index >= 15 is 0 Å². The Morgan fingerprint density at radius 1 is 0.449 bits per heavy atom. The van der Waals surface area contributed by atoms with Crippen LogP contribution in [0.5, 0.6) is 0 Å². The average Bonchev–Trinajstić information content (AvgIpc) is 3.10. The van der Waals surface area contributed by atoms with Crippen molar-refractivity contribution in [3.8, 4) is 0 Å². The molecule has 0 aromatic heterocycles. The van der Waals surface area contributed by atoms with E-state index in [-0.39, 0.29) is 25.2 Å². The molecule has 0 amide bonds. The molecule has 49 heavy (non-hydrogen) atoms. The lowest BCUT2D eigenvalue weighted by Gasteiger charge is -2.15. The minimum absolute atomic E-state index is 0.0747. The fraction of sp³-hybridized carbons (Fsp3) is 0.909.